The number of aryl methyl sites for hydroxylation is 1. The normalized spacial score (nSPS) is 22.9. The second-order valence-electron chi connectivity index (χ2n) is 6.60. The molecule has 1 saturated heterocycles. The molecule has 1 aliphatic heterocycles. The second kappa shape index (κ2) is 6.51. The SMILES string of the molecule is Cc1cccc(NC(=O)[C@H]2CC(=O)N(C3CCCCC3)C2)c1. The number of anilines is 1. The fourth-order valence-electron chi connectivity index (χ4n) is 3.62. The standard InChI is InChI=1S/C18H24N2O2/c1-13-6-5-7-15(10-13)19-18(22)14-11-17(21)20(12-14)16-8-3-2-4-9-16/h5-7,10,14,16H,2-4,8-9,11-12H2,1H3,(H,19,22)/t14-/m0/s1. The van der Waals surface area contributed by atoms with Crippen LogP contribution in [-0.2, 0) is 9.59 Å². The molecule has 1 aromatic carbocycles. The predicted octanol–water partition coefficient (Wildman–Crippen LogP) is 3.11. The van der Waals surface area contributed by atoms with Crippen LogP contribution in [0, 0.1) is 12.8 Å². The molecule has 1 heterocycles. The number of hydrogen-bond acceptors (Lipinski definition) is 2. The van der Waals surface area contributed by atoms with Gasteiger partial charge in [-0.3, -0.25) is 9.59 Å². The van der Waals surface area contributed by atoms with Crippen LogP contribution in [0.2, 0.25) is 0 Å². The van der Waals surface area contributed by atoms with Gasteiger partial charge in [-0.2, -0.15) is 0 Å². The van der Waals surface area contributed by atoms with E-state index in [4.69, 9.17) is 0 Å². The van der Waals surface area contributed by atoms with E-state index in [0.29, 0.717) is 19.0 Å². The number of carbonyl (C=O) groups is 2. The number of carbonyl (C=O) groups excluding carboxylic acids is 2. The highest BCUT2D eigenvalue weighted by molar-refractivity contribution is 5.97. The summed E-state index contributed by atoms with van der Waals surface area (Å²) in [6, 6.07) is 8.13. The monoisotopic (exact) mass is 300 g/mol. The van der Waals surface area contributed by atoms with Gasteiger partial charge in [-0.15, -0.1) is 0 Å². The maximum atomic E-state index is 12.4. The average Bonchev–Trinajstić information content (AvgIpc) is 2.90. The van der Waals surface area contributed by atoms with Crippen LogP contribution in [0.15, 0.2) is 24.3 Å². The summed E-state index contributed by atoms with van der Waals surface area (Å²) in [5, 5.41) is 2.95. The molecule has 1 aromatic rings. The molecule has 1 saturated carbocycles. The van der Waals surface area contributed by atoms with E-state index in [1.165, 1.54) is 19.3 Å². The number of nitrogens with zero attached hydrogens (tertiary/aromatic N) is 1. The zero-order valence-corrected chi connectivity index (χ0v) is 13.2. The van der Waals surface area contributed by atoms with Crippen LogP contribution in [0.1, 0.15) is 44.1 Å². The van der Waals surface area contributed by atoms with E-state index < -0.39 is 0 Å². The highest BCUT2D eigenvalue weighted by atomic mass is 16.2. The van der Waals surface area contributed by atoms with E-state index in [-0.39, 0.29) is 17.7 Å². The Hall–Kier alpha value is -1.84. The maximum Gasteiger partial charge on any atom is 0.229 e. The third-order valence-electron chi connectivity index (χ3n) is 4.83. The van der Waals surface area contributed by atoms with Crippen molar-refractivity contribution in [1.29, 1.82) is 0 Å². The Bertz CT molecular complexity index is 564. The molecule has 0 spiro atoms. The Morgan fingerprint density at radius 3 is 2.73 bits per heavy atom. The van der Waals surface area contributed by atoms with E-state index in [9.17, 15) is 9.59 Å². The van der Waals surface area contributed by atoms with Gasteiger partial charge < -0.3 is 10.2 Å². The van der Waals surface area contributed by atoms with Crippen LogP contribution in [0.4, 0.5) is 5.69 Å². The molecule has 1 aliphatic carbocycles. The third-order valence-corrected chi connectivity index (χ3v) is 4.83. The van der Waals surface area contributed by atoms with Crippen LogP contribution in [0.25, 0.3) is 0 Å². The molecule has 0 radical (unpaired) electrons. The van der Waals surface area contributed by atoms with Gasteiger partial charge in [-0.05, 0) is 37.5 Å². The molecule has 2 amide bonds. The molecule has 118 valence electrons. The molecular formula is C18H24N2O2. The Kier molecular flexibility index (Phi) is 4.46. The number of rotatable bonds is 3. The van der Waals surface area contributed by atoms with Crippen molar-refractivity contribution in [2.75, 3.05) is 11.9 Å². The zero-order valence-electron chi connectivity index (χ0n) is 13.2. The largest absolute Gasteiger partial charge is 0.339 e. The van der Waals surface area contributed by atoms with Gasteiger partial charge in [0.2, 0.25) is 11.8 Å². The van der Waals surface area contributed by atoms with Crippen LogP contribution in [-0.4, -0.2) is 29.3 Å². The molecule has 0 unspecified atom stereocenters. The number of amides is 2. The van der Waals surface area contributed by atoms with Crippen molar-refractivity contribution in [3.63, 3.8) is 0 Å². The van der Waals surface area contributed by atoms with E-state index in [1.807, 2.05) is 36.1 Å². The van der Waals surface area contributed by atoms with Crippen molar-refractivity contribution in [3.8, 4) is 0 Å². The fourth-order valence-corrected chi connectivity index (χ4v) is 3.62. The highest BCUT2D eigenvalue weighted by Crippen LogP contribution is 2.29. The van der Waals surface area contributed by atoms with E-state index in [1.54, 1.807) is 0 Å². The molecule has 22 heavy (non-hydrogen) atoms. The lowest BCUT2D eigenvalue weighted by Crippen LogP contribution is -2.38. The summed E-state index contributed by atoms with van der Waals surface area (Å²) >= 11 is 0. The number of hydrogen-bond donors (Lipinski definition) is 1. The molecule has 4 heteroatoms. The van der Waals surface area contributed by atoms with Crippen molar-refractivity contribution >= 4 is 17.5 Å². The van der Waals surface area contributed by atoms with Gasteiger partial charge in [0.05, 0.1) is 5.92 Å². The average molecular weight is 300 g/mol. The third kappa shape index (κ3) is 3.32. The summed E-state index contributed by atoms with van der Waals surface area (Å²) in [5.41, 5.74) is 1.93. The second-order valence-corrected chi connectivity index (χ2v) is 6.60. The van der Waals surface area contributed by atoms with Crippen molar-refractivity contribution in [1.82, 2.24) is 4.90 Å². The molecule has 2 fully saturated rings. The van der Waals surface area contributed by atoms with Crippen LogP contribution in [0.5, 0.6) is 0 Å². The van der Waals surface area contributed by atoms with Crippen LogP contribution < -0.4 is 5.32 Å². The molecule has 3 rings (SSSR count). The van der Waals surface area contributed by atoms with E-state index >= 15 is 0 Å². The minimum Gasteiger partial charge on any atom is -0.339 e. The number of nitrogens with one attached hydrogen (secondary N) is 1. The lowest BCUT2D eigenvalue weighted by molar-refractivity contribution is -0.130. The topological polar surface area (TPSA) is 49.4 Å². The minimum absolute atomic E-state index is 0.0303. The maximum absolute atomic E-state index is 12.4. The highest BCUT2D eigenvalue weighted by Gasteiger charge is 2.38. The number of benzene rings is 1. The van der Waals surface area contributed by atoms with E-state index in [2.05, 4.69) is 5.32 Å². The van der Waals surface area contributed by atoms with Crippen molar-refractivity contribution in [2.24, 2.45) is 5.92 Å². The van der Waals surface area contributed by atoms with Gasteiger partial charge in [0.15, 0.2) is 0 Å². The summed E-state index contributed by atoms with van der Waals surface area (Å²) in [4.78, 5) is 26.6. The first-order valence-electron chi connectivity index (χ1n) is 8.30. The minimum atomic E-state index is -0.213. The molecule has 2 aliphatic rings. The summed E-state index contributed by atoms with van der Waals surface area (Å²) in [6.45, 7) is 2.58. The van der Waals surface area contributed by atoms with Gasteiger partial charge in [0.1, 0.15) is 0 Å². The molecular weight excluding hydrogens is 276 g/mol. The Morgan fingerprint density at radius 2 is 2.00 bits per heavy atom. The van der Waals surface area contributed by atoms with Gasteiger partial charge in [0.25, 0.3) is 0 Å². The van der Waals surface area contributed by atoms with Gasteiger partial charge in [0, 0.05) is 24.7 Å². The van der Waals surface area contributed by atoms with Crippen LogP contribution in [0.3, 0.4) is 0 Å². The molecule has 0 bridgehead atoms. The Morgan fingerprint density at radius 1 is 1.23 bits per heavy atom. The summed E-state index contributed by atoms with van der Waals surface area (Å²) in [7, 11) is 0. The van der Waals surface area contributed by atoms with Gasteiger partial charge in [-0.1, -0.05) is 31.4 Å². The lowest BCUT2D eigenvalue weighted by atomic mass is 9.94. The summed E-state index contributed by atoms with van der Waals surface area (Å²) in [6.07, 6.45) is 6.23. The zero-order chi connectivity index (χ0) is 15.5. The van der Waals surface area contributed by atoms with Crippen molar-refractivity contribution in [3.05, 3.63) is 29.8 Å². The predicted molar refractivity (Wildman–Crippen MR) is 86.5 cm³/mol. The molecule has 1 N–H and O–H groups in total. The van der Waals surface area contributed by atoms with E-state index in [0.717, 1.165) is 24.1 Å². The van der Waals surface area contributed by atoms with Gasteiger partial charge >= 0.3 is 0 Å². The molecule has 1 atom stereocenters. The summed E-state index contributed by atoms with van der Waals surface area (Å²) in [5.74, 6) is -0.0940. The first-order valence-corrected chi connectivity index (χ1v) is 8.30. The Labute approximate surface area is 131 Å². The fraction of sp³-hybridized carbons (Fsp3) is 0.556. The Balaban J connectivity index is 1.61. The number of likely N-dealkylation sites (tertiary alicyclic amines) is 1. The van der Waals surface area contributed by atoms with Crippen LogP contribution >= 0.6 is 0 Å². The van der Waals surface area contributed by atoms with Gasteiger partial charge in [-0.25, -0.2) is 0 Å². The summed E-state index contributed by atoms with van der Waals surface area (Å²) < 4.78 is 0. The molecule has 0 aromatic heterocycles. The molecule has 4 nitrogen and oxygen atoms in total. The quantitative estimate of drug-likeness (QED) is 0.932. The van der Waals surface area contributed by atoms with Crippen molar-refractivity contribution < 1.29 is 9.59 Å². The van der Waals surface area contributed by atoms with Crippen molar-refractivity contribution in [2.45, 2.75) is 51.5 Å². The smallest absolute Gasteiger partial charge is 0.229 e. The lowest BCUT2D eigenvalue weighted by Gasteiger charge is -2.31. The first-order chi connectivity index (χ1) is 10.6. The first kappa shape index (κ1) is 15.1.